The maximum Gasteiger partial charge on any atom is 0.109 e. The molecular formula is C14H17ClOS. The van der Waals surface area contributed by atoms with E-state index in [9.17, 15) is 0 Å². The molecule has 2 heterocycles. The smallest absolute Gasteiger partial charge is 0.109 e. The Balaban J connectivity index is 2.18. The van der Waals surface area contributed by atoms with Crippen LogP contribution in [0, 0.1) is 17.8 Å². The number of thiophene rings is 1. The molecule has 3 heteroatoms. The van der Waals surface area contributed by atoms with Crippen molar-refractivity contribution in [1.82, 2.24) is 0 Å². The van der Waals surface area contributed by atoms with Gasteiger partial charge in [-0.3, -0.25) is 0 Å². The third-order valence-corrected chi connectivity index (χ3v) is 4.55. The zero-order valence-electron chi connectivity index (χ0n) is 10.5. The van der Waals surface area contributed by atoms with Crippen molar-refractivity contribution in [2.45, 2.75) is 32.6 Å². The molecule has 0 N–H and O–H groups in total. The second-order valence-corrected chi connectivity index (χ2v) is 7.03. The standard InChI is InChI=1S/C14H17ClOS/c1-14(2,3)12-8-11(13(15)17-12)5-4-10-6-7-16-9-10/h8,10H,6-7,9H2,1-3H3/t10-/m1/s1. The molecular weight excluding hydrogens is 252 g/mol. The molecule has 92 valence electrons. The molecule has 1 aromatic heterocycles. The fourth-order valence-electron chi connectivity index (χ4n) is 1.65. The van der Waals surface area contributed by atoms with E-state index in [1.54, 1.807) is 11.3 Å². The van der Waals surface area contributed by atoms with E-state index >= 15 is 0 Å². The highest BCUT2D eigenvalue weighted by Crippen LogP contribution is 2.35. The highest BCUT2D eigenvalue weighted by atomic mass is 35.5. The van der Waals surface area contributed by atoms with Crippen molar-refractivity contribution < 1.29 is 4.74 Å². The summed E-state index contributed by atoms with van der Waals surface area (Å²) in [4.78, 5) is 1.29. The lowest BCUT2D eigenvalue weighted by Crippen LogP contribution is -2.07. The van der Waals surface area contributed by atoms with E-state index in [1.807, 2.05) is 0 Å². The number of hydrogen-bond acceptors (Lipinski definition) is 2. The zero-order chi connectivity index (χ0) is 12.5. The molecule has 1 atom stereocenters. The molecule has 0 aromatic carbocycles. The van der Waals surface area contributed by atoms with Gasteiger partial charge in [0, 0.05) is 17.4 Å². The van der Waals surface area contributed by atoms with Gasteiger partial charge in [0.15, 0.2) is 0 Å². The Morgan fingerprint density at radius 3 is 2.76 bits per heavy atom. The SMILES string of the molecule is CC(C)(C)c1cc(C#C[C@@H]2CCOC2)c(Cl)s1. The molecule has 1 aliphatic heterocycles. The van der Waals surface area contributed by atoms with Crippen molar-refractivity contribution in [3.8, 4) is 11.8 Å². The second-order valence-electron chi connectivity index (χ2n) is 5.38. The topological polar surface area (TPSA) is 9.23 Å². The number of rotatable bonds is 0. The molecule has 0 saturated carbocycles. The van der Waals surface area contributed by atoms with E-state index in [4.69, 9.17) is 16.3 Å². The van der Waals surface area contributed by atoms with Crippen molar-refractivity contribution in [2.24, 2.45) is 5.92 Å². The highest BCUT2D eigenvalue weighted by Gasteiger charge is 2.18. The number of hydrogen-bond donors (Lipinski definition) is 0. The van der Waals surface area contributed by atoms with E-state index in [1.165, 1.54) is 4.88 Å². The number of ether oxygens (including phenoxy) is 1. The molecule has 1 aromatic rings. The summed E-state index contributed by atoms with van der Waals surface area (Å²) in [6.45, 7) is 8.18. The van der Waals surface area contributed by atoms with Crippen LogP contribution in [0.2, 0.25) is 4.34 Å². The zero-order valence-corrected chi connectivity index (χ0v) is 12.0. The normalized spacial score (nSPS) is 20.1. The van der Waals surface area contributed by atoms with Crippen LogP contribution >= 0.6 is 22.9 Å². The summed E-state index contributed by atoms with van der Waals surface area (Å²) in [5.41, 5.74) is 1.11. The van der Waals surface area contributed by atoms with Crippen LogP contribution in [0.3, 0.4) is 0 Å². The molecule has 0 bridgehead atoms. The fraction of sp³-hybridized carbons (Fsp3) is 0.571. The predicted molar refractivity (Wildman–Crippen MR) is 73.8 cm³/mol. The van der Waals surface area contributed by atoms with Crippen LogP contribution in [0.25, 0.3) is 0 Å². The monoisotopic (exact) mass is 268 g/mol. The van der Waals surface area contributed by atoms with Crippen LogP contribution in [-0.2, 0) is 10.2 Å². The first kappa shape index (κ1) is 13.0. The summed E-state index contributed by atoms with van der Waals surface area (Å²) < 4.78 is 6.11. The lowest BCUT2D eigenvalue weighted by Gasteiger charge is -2.14. The Morgan fingerprint density at radius 2 is 2.24 bits per heavy atom. The van der Waals surface area contributed by atoms with Gasteiger partial charge < -0.3 is 4.74 Å². The average molecular weight is 269 g/mol. The minimum absolute atomic E-state index is 0.144. The van der Waals surface area contributed by atoms with E-state index in [2.05, 4.69) is 38.7 Å². The average Bonchev–Trinajstić information content (AvgIpc) is 2.83. The summed E-state index contributed by atoms with van der Waals surface area (Å²) in [5, 5.41) is 0. The summed E-state index contributed by atoms with van der Waals surface area (Å²) in [5.74, 6) is 6.83. The van der Waals surface area contributed by atoms with Crippen molar-refractivity contribution in [2.75, 3.05) is 13.2 Å². The molecule has 0 spiro atoms. The summed E-state index contributed by atoms with van der Waals surface area (Å²) in [6, 6.07) is 2.12. The van der Waals surface area contributed by atoms with Gasteiger partial charge >= 0.3 is 0 Å². The molecule has 1 aliphatic rings. The van der Waals surface area contributed by atoms with Gasteiger partial charge in [-0.2, -0.15) is 0 Å². The van der Waals surface area contributed by atoms with Crippen LogP contribution in [0.15, 0.2) is 6.07 Å². The van der Waals surface area contributed by atoms with Crippen LogP contribution in [0.5, 0.6) is 0 Å². The number of halogens is 1. The van der Waals surface area contributed by atoms with Gasteiger partial charge in [0.1, 0.15) is 4.34 Å². The Bertz CT molecular complexity index is 453. The highest BCUT2D eigenvalue weighted by molar-refractivity contribution is 7.16. The van der Waals surface area contributed by atoms with Crippen LogP contribution in [0.4, 0.5) is 0 Å². The minimum Gasteiger partial charge on any atom is -0.380 e. The Morgan fingerprint density at radius 1 is 1.47 bits per heavy atom. The van der Waals surface area contributed by atoms with E-state index in [0.29, 0.717) is 5.92 Å². The van der Waals surface area contributed by atoms with Gasteiger partial charge in [-0.1, -0.05) is 44.2 Å². The summed E-state index contributed by atoms with van der Waals surface area (Å²) >= 11 is 7.86. The van der Waals surface area contributed by atoms with Crippen LogP contribution < -0.4 is 0 Å². The summed E-state index contributed by atoms with van der Waals surface area (Å²) in [7, 11) is 0. The lowest BCUT2D eigenvalue weighted by molar-refractivity contribution is 0.192. The molecule has 1 nitrogen and oxygen atoms in total. The van der Waals surface area contributed by atoms with Crippen molar-refractivity contribution in [1.29, 1.82) is 0 Å². The first-order chi connectivity index (χ1) is 7.97. The Hall–Kier alpha value is -0.490. The third-order valence-electron chi connectivity index (χ3n) is 2.77. The lowest BCUT2D eigenvalue weighted by atomic mass is 9.94. The van der Waals surface area contributed by atoms with Gasteiger partial charge in [0.05, 0.1) is 12.2 Å². The maximum absolute atomic E-state index is 6.22. The van der Waals surface area contributed by atoms with Crippen LogP contribution in [0.1, 0.15) is 37.6 Å². The van der Waals surface area contributed by atoms with Gasteiger partial charge in [-0.25, -0.2) is 0 Å². The molecule has 0 unspecified atom stereocenters. The molecule has 17 heavy (non-hydrogen) atoms. The van der Waals surface area contributed by atoms with Gasteiger partial charge in [-0.05, 0) is 17.9 Å². The van der Waals surface area contributed by atoms with Gasteiger partial charge in [0.25, 0.3) is 0 Å². The molecule has 0 amide bonds. The molecule has 0 aliphatic carbocycles. The molecule has 0 radical (unpaired) electrons. The third kappa shape index (κ3) is 3.25. The molecule has 1 fully saturated rings. The molecule has 2 rings (SSSR count). The quantitative estimate of drug-likeness (QED) is 0.644. The maximum atomic E-state index is 6.22. The van der Waals surface area contributed by atoms with Crippen LogP contribution in [-0.4, -0.2) is 13.2 Å². The van der Waals surface area contributed by atoms with Gasteiger partial charge in [-0.15, -0.1) is 11.3 Å². The van der Waals surface area contributed by atoms with E-state index in [-0.39, 0.29) is 5.41 Å². The van der Waals surface area contributed by atoms with Crippen molar-refractivity contribution >= 4 is 22.9 Å². The van der Waals surface area contributed by atoms with Gasteiger partial charge in [0.2, 0.25) is 0 Å². The Labute approximate surface area is 112 Å². The Kier molecular flexibility index (Phi) is 3.82. The first-order valence-electron chi connectivity index (χ1n) is 5.86. The fourth-order valence-corrected chi connectivity index (χ4v) is 2.90. The largest absolute Gasteiger partial charge is 0.380 e. The van der Waals surface area contributed by atoms with Crippen molar-refractivity contribution in [3.05, 3.63) is 20.8 Å². The first-order valence-corrected chi connectivity index (χ1v) is 7.05. The second kappa shape index (κ2) is 5.02. The van der Waals surface area contributed by atoms with Crippen molar-refractivity contribution in [3.63, 3.8) is 0 Å². The minimum atomic E-state index is 0.144. The predicted octanol–water partition coefficient (Wildman–Crippen LogP) is 4.09. The summed E-state index contributed by atoms with van der Waals surface area (Å²) in [6.07, 6.45) is 1.04. The molecule has 1 saturated heterocycles. The van der Waals surface area contributed by atoms with E-state index in [0.717, 1.165) is 29.5 Å². The van der Waals surface area contributed by atoms with E-state index < -0.39 is 0 Å².